The zero-order valence-corrected chi connectivity index (χ0v) is 20.5. The van der Waals surface area contributed by atoms with Gasteiger partial charge in [-0.15, -0.1) is 0 Å². The highest BCUT2D eigenvalue weighted by Gasteiger charge is 2.47. The van der Waals surface area contributed by atoms with E-state index in [9.17, 15) is 14.7 Å². The van der Waals surface area contributed by atoms with Crippen LogP contribution in [0.2, 0.25) is 5.02 Å². The van der Waals surface area contributed by atoms with Crippen molar-refractivity contribution in [3.63, 3.8) is 0 Å². The van der Waals surface area contributed by atoms with Crippen molar-refractivity contribution in [2.45, 2.75) is 39.7 Å². The summed E-state index contributed by atoms with van der Waals surface area (Å²) in [4.78, 5) is 28.6. The molecule has 5 rings (SSSR count). The summed E-state index contributed by atoms with van der Waals surface area (Å²) in [6.07, 6.45) is 5.02. The van der Waals surface area contributed by atoms with E-state index in [1.54, 1.807) is 48.1 Å². The average molecular weight is 493 g/mol. The molecule has 0 saturated carbocycles. The number of halogens is 1. The summed E-state index contributed by atoms with van der Waals surface area (Å²) >= 11 is 6.00. The Morgan fingerprint density at radius 3 is 2.43 bits per heavy atom. The second-order valence-corrected chi connectivity index (χ2v) is 9.47. The van der Waals surface area contributed by atoms with Crippen LogP contribution in [0.4, 0.5) is 0 Å². The van der Waals surface area contributed by atoms with Crippen molar-refractivity contribution in [2.24, 2.45) is 0 Å². The molecule has 2 amide bonds. The molecular weight excluding hydrogens is 468 g/mol. The zero-order chi connectivity index (χ0) is 24.9. The summed E-state index contributed by atoms with van der Waals surface area (Å²) < 4.78 is 8.57. The Balaban J connectivity index is 1.68. The van der Waals surface area contributed by atoms with E-state index in [1.165, 1.54) is 9.58 Å². The number of nitrogens with zero attached hydrogens (tertiary/aromatic N) is 4. The molecule has 1 aromatic carbocycles. The highest BCUT2D eigenvalue weighted by molar-refractivity contribution is 6.45. The van der Waals surface area contributed by atoms with E-state index in [1.807, 2.05) is 19.9 Å². The van der Waals surface area contributed by atoms with Crippen molar-refractivity contribution in [3.05, 3.63) is 70.1 Å². The van der Waals surface area contributed by atoms with Gasteiger partial charge in [-0.2, -0.15) is 9.67 Å². The van der Waals surface area contributed by atoms with Gasteiger partial charge in [-0.1, -0.05) is 11.6 Å². The Kier molecular flexibility index (Phi) is 5.94. The van der Waals surface area contributed by atoms with Crippen LogP contribution in [-0.2, 0) is 14.3 Å². The minimum atomic E-state index is -0.511. The van der Waals surface area contributed by atoms with Crippen LogP contribution in [-0.4, -0.2) is 45.8 Å². The maximum Gasteiger partial charge on any atom is 0.327 e. The number of hydrogen-bond acceptors (Lipinski definition) is 5. The lowest BCUT2D eigenvalue weighted by molar-refractivity contribution is -0.577. The van der Waals surface area contributed by atoms with E-state index in [0.29, 0.717) is 23.0 Å². The van der Waals surface area contributed by atoms with Crippen molar-refractivity contribution in [1.29, 1.82) is 0 Å². The van der Waals surface area contributed by atoms with Crippen LogP contribution < -0.4 is 9.67 Å². The Bertz CT molecular complexity index is 1350. The van der Waals surface area contributed by atoms with Crippen LogP contribution in [0.3, 0.4) is 0 Å². The van der Waals surface area contributed by atoms with E-state index >= 15 is 0 Å². The van der Waals surface area contributed by atoms with Crippen LogP contribution in [0, 0.1) is 20.8 Å². The summed E-state index contributed by atoms with van der Waals surface area (Å²) in [5.74, 6) is -1.43. The lowest BCUT2D eigenvalue weighted by atomic mass is 10.0. The van der Waals surface area contributed by atoms with Crippen LogP contribution in [0.5, 0.6) is 5.88 Å². The van der Waals surface area contributed by atoms with Gasteiger partial charge in [0.15, 0.2) is 12.4 Å². The van der Waals surface area contributed by atoms with Crippen LogP contribution in [0.1, 0.15) is 35.2 Å². The van der Waals surface area contributed by atoms with E-state index < -0.39 is 17.7 Å². The molecule has 9 heteroatoms. The summed E-state index contributed by atoms with van der Waals surface area (Å²) in [6, 6.07) is 8.66. The van der Waals surface area contributed by atoms with Gasteiger partial charge in [0, 0.05) is 28.3 Å². The zero-order valence-electron chi connectivity index (χ0n) is 19.7. The molecule has 1 unspecified atom stereocenters. The van der Waals surface area contributed by atoms with Crippen molar-refractivity contribution < 1.29 is 24.0 Å². The van der Waals surface area contributed by atoms with Gasteiger partial charge in [0.1, 0.15) is 5.57 Å². The summed E-state index contributed by atoms with van der Waals surface area (Å²) in [5, 5.41) is 18.5. The fourth-order valence-corrected chi connectivity index (χ4v) is 4.90. The van der Waals surface area contributed by atoms with Gasteiger partial charge in [0.2, 0.25) is 0 Å². The van der Waals surface area contributed by atoms with Crippen LogP contribution in [0.25, 0.3) is 17.0 Å². The smallest absolute Gasteiger partial charge is 0.327 e. The third kappa shape index (κ3) is 4.13. The molecule has 1 atom stereocenters. The number of imide groups is 1. The van der Waals surface area contributed by atoms with E-state index in [4.69, 9.17) is 16.3 Å². The molecule has 3 aromatic rings. The van der Waals surface area contributed by atoms with Gasteiger partial charge < -0.3 is 9.84 Å². The number of aryl methyl sites for hydroxylation is 3. The Morgan fingerprint density at radius 2 is 1.80 bits per heavy atom. The SMILES string of the molecule is Cc1cc(C)c[n+](C2=C(c3c(C)nn(-c4ccc(Cl)cc4)c3[O-])C(=O)N(CC3CCCO3)C2=O)c1. The third-order valence-corrected chi connectivity index (χ3v) is 6.54. The van der Waals surface area contributed by atoms with E-state index in [2.05, 4.69) is 5.10 Å². The predicted octanol–water partition coefficient (Wildman–Crippen LogP) is 2.73. The van der Waals surface area contributed by atoms with Gasteiger partial charge in [0.25, 0.3) is 11.6 Å². The summed E-state index contributed by atoms with van der Waals surface area (Å²) in [5.41, 5.74) is 3.05. The molecule has 1 fully saturated rings. The maximum absolute atomic E-state index is 13.7. The molecular formula is C26H25ClN4O4. The van der Waals surface area contributed by atoms with Gasteiger partial charge in [0.05, 0.1) is 24.0 Å². The molecule has 0 aliphatic carbocycles. The summed E-state index contributed by atoms with van der Waals surface area (Å²) in [7, 11) is 0. The number of pyridine rings is 1. The lowest BCUT2D eigenvalue weighted by Gasteiger charge is -2.18. The number of rotatable bonds is 5. The fourth-order valence-electron chi connectivity index (χ4n) is 4.78. The Labute approximate surface area is 208 Å². The molecule has 2 aromatic heterocycles. The molecule has 0 radical (unpaired) electrons. The molecule has 1 saturated heterocycles. The second-order valence-electron chi connectivity index (χ2n) is 9.03. The molecule has 0 N–H and O–H groups in total. The average Bonchev–Trinajstić information content (AvgIpc) is 3.48. The van der Waals surface area contributed by atoms with Crippen molar-refractivity contribution >= 4 is 34.7 Å². The monoisotopic (exact) mass is 492 g/mol. The number of carbonyl (C=O) groups excluding carboxylic acids is 2. The molecule has 180 valence electrons. The number of amides is 2. The number of hydrogen-bond donors (Lipinski definition) is 0. The van der Waals surface area contributed by atoms with E-state index in [0.717, 1.165) is 24.0 Å². The quantitative estimate of drug-likeness (QED) is 0.403. The van der Waals surface area contributed by atoms with Crippen LogP contribution >= 0.6 is 11.6 Å². The number of benzene rings is 1. The standard InChI is InChI=1S/C26H25ClN4O4/c1-15-11-16(2)13-29(12-15)23-22(24(32)30(26(23)34)14-20-5-4-10-35-20)21-17(3)28-31(25(21)33)19-8-6-18(27)7-9-19/h6-9,11-13,20H,4-5,10,14H2,1-3H3. The first-order chi connectivity index (χ1) is 16.7. The van der Waals surface area contributed by atoms with Crippen molar-refractivity contribution in [2.75, 3.05) is 13.2 Å². The Hall–Kier alpha value is -3.49. The van der Waals surface area contributed by atoms with Crippen LogP contribution in [0.15, 0.2) is 42.7 Å². The van der Waals surface area contributed by atoms with Gasteiger partial charge in [-0.25, -0.2) is 4.68 Å². The predicted molar refractivity (Wildman–Crippen MR) is 128 cm³/mol. The maximum atomic E-state index is 13.7. The van der Waals surface area contributed by atoms with Gasteiger partial charge in [-0.05, 0) is 69.8 Å². The number of aromatic nitrogens is 3. The first-order valence-electron chi connectivity index (χ1n) is 11.5. The van der Waals surface area contributed by atoms with Crippen molar-refractivity contribution in [3.8, 4) is 11.6 Å². The molecule has 2 aliphatic heterocycles. The number of carbonyl (C=O) groups is 2. The highest BCUT2D eigenvalue weighted by atomic mass is 35.5. The molecule has 0 bridgehead atoms. The van der Waals surface area contributed by atoms with Gasteiger partial charge in [-0.3, -0.25) is 14.5 Å². The largest absolute Gasteiger partial charge is 0.858 e. The third-order valence-electron chi connectivity index (χ3n) is 6.29. The number of ether oxygens (including phenoxy) is 1. The van der Waals surface area contributed by atoms with E-state index in [-0.39, 0.29) is 29.5 Å². The second kappa shape index (κ2) is 8.94. The summed E-state index contributed by atoms with van der Waals surface area (Å²) in [6.45, 7) is 6.25. The molecule has 35 heavy (non-hydrogen) atoms. The first-order valence-corrected chi connectivity index (χ1v) is 11.9. The minimum absolute atomic E-state index is 0.0608. The first kappa shape index (κ1) is 23.3. The Morgan fingerprint density at radius 1 is 1.11 bits per heavy atom. The van der Waals surface area contributed by atoms with Gasteiger partial charge >= 0.3 is 5.91 Å². The topological polar surface area (TPSA) is 91.4 Å². The minimum Gasteiger partial charge on any atom is -0.858 e. The van der Waals surface area contributed by atoms with Crippen molar-refractivity contribution in [1.82, 2.24) is 14.7 Å². The molecule has 0 spiro atoms. The molecule has 2 aliphatic rings. The highest BCUT2D eigenvalue weighted by Crippen LogP contribution is 2.37. The normalized spacial score (nSPS) is 18.3. The molecule has 8 nitrogen and oxygen atoms in total. The lowest BCUT2D eigenvalue weighted by Crippen LogP contribution is -2.42. The molecule has 4 heterocycles. The fraction of sp³-hybridized carbons (Fsp3) is 0.308.